The molecule has 0 radical (unpaired) electrons. The Hall–Kier alpha value is -0.860. The standard InChI is InChI=1S/C11H18N2O/c1-3-9-4-5-10(7-9)13-11(14)6-8(2)12-13/h9-10H,3-7H2,1-2H3/t9-,10-/m0/s1. The molecule has 0 aromatic carbocycles. The number of rotatable bonds is 2. The zero-order valence-electron chi connectivity index (χ0n) is 8.99. The summed E-state index contributed by atoms with van der Waals surface area (Å²) in [7, 11) is 0. The van der Waals surface area contributed by atoms with Gasteiger partial charge in [-0.05, 0) is 32.1 Å². The SMILES string of the molecule is CC[C@H]1CC[C@H](N2N=C(C)CC2=O)C1. The van der Waals surface area contributed by atoms with Crippen LogP contribution in [0.25, 0.3) is 0 Å². The third kappa shape index (κ3) is 1.68. The first kappa shape index (κ1) is 9.69. The zero-order valence-corrected chi connectivity index (χ0v) is 8.99. The van der Waals surface area contributed by atoms with E-state index in [1.54, 1.807) is 5.01 Å². The van der Waals surface area contributed by atoms with Gasteiger partial charge in [-0.25, -0.2) is 5.01 Å². The summed E-state index contributed by atoms with van der Waals surface area (Å²) in [5, 5.41) is 6.06. The molecule has 0 saturated heterocycles. The maximum atomic E-state index is 11.6. The second kappa shape index (κ2) is 3.71. The molecule has 0 spiro atoms. The van der Waals surface area contributed by atoms with E-state index in [9.17, 15) is 4.79 Å². The topological polar surface area (TPSA) is 32.7 Å². The van der Waals surface area contributed by atoms with Crippen LogP contribution in [-0.2, 0) is 4.79 Å². The highest BCUT2D eigenvalue weighted by Gasteiger charge is 2.33. The first-order valence-electron chi connectivity index (χ1n) is 5.56. The molecule has 1 heterocycles. The Kier molecular flexibility index (Phi) is 2.57. The summed E-state index contributed by atoms with van der Waals surface area (Å²) >= 11 is 0. The fraction of sp³-hybridized carbons (Fsp3) is 0.818. The van der Waals surface area contributed by atoms with Crippen LogP contribution in [0.4, 0.5) is 0 Å². The average molecular weight is 194 g/mol. The largest absolute Gasteiger partial charge is 0.273 e. The van der Waals surface area contributed by atoms with Gasteiger partial charge in [0, 0.05) is 5.71 Å². The Morgan fingerprint density at radius 2 is 2.29 bits per heavy atom. The van der Waals surface area contributed by atoms with Crippen molar-refractivity contribution in [3.8, 4) is 0 Å². The maximum absolute atomic E-state index is 11.6. The smallest absolute Gasteiger partial charge is 0.248 e. The third-order valence-corrected chi connectivity index (χ3v) is 3.38. The molecule has 2 aliphatic rings. The van der Waals surface area contributed by atoms with Gasteiger partial charge in [-0.1, -0.05) is 13.3 Å². The van der Waals surface area contributed by atoms with E-state index in [1.165, 1.54) is 12.8 Å². The van der Waals surface area contributed by atoms with Crippen molar-refractivity contribution in [1.29, 1.82) is 0 Å². The Labute approximate surface area is 85.2 Å². The average Bonchev–Trinajstić information content (AvgIpc) is 2.71. The summed E-state index contributed by atoms with van der Waals surface area (Å²) < 4.78 is 0. The summed E-state index contributed by atoms with van der Waals surface area (Å²) in [4.78, 5) is 11.6. The number of hydrazone groups is 1. The van der Waals surface area contributed by atoms with Crippen molar-refractivity contribution in [3.63, 3.8) is 0 Å². The molecule has 78 valence electrons. The van der Waals surface area contributed by atoms with E-state index in [2.05, 4.69) is 12.0 Å². The van der Waals surface area contributed by atoms with Gasteiger partial charge in [0.1, 0.15) is 0 Å². The molecular weight excluding hydrogens is 176 g/mol. The third-order valence-electron chi connectivity index (χ3n) is 3.38. The molecule has 0 unspecified atom stereocenters. The number of carbonyl (C=O) groups excluding carboxylic acids is 1. The van der Waals surface area contributed by atoms with Crippen LogP contribution in [0.1, 0.15) is 46.0 Å². The van der Waals surface area contributed by atoms with Gasteiger partial charge in [0.25, 0.3) is 0 Å². The van der Waals surface area contributed by atoms with Crippen LogP contribution in [0.5, 0.6) is 0 Å². The number of carbonyl (C=O) groups is 1. The van der Waals surface area contributed by atoms with Gasteiger partial charge < -0.3 is 0 Å². The Morgan fingerprint density at radius 1 is 1.50 bits per heavy atom. The van der Waals surface area contributed by atoms with Crippen molar-refractivity contribution in [2.24, 2.45) is 11.0 Å². The minimum absolute atomic E-state index is 0.198. The van der Waals surface area contributed by atoms with E-state index < -0.39 is 0 Å². The summed E-state index contributed by atoms with van der Waals surface area (Å²) in [6.07, 6.45) is 5.33. The first-order chi connectivity index (χ1) is 6.70. The molecular formula is C11H18N2O. The Bertz CT molecular complexity index is 272. The van der Waals surface area contributed by atoms with Crippen LogP contribution < -0.4 is 0 Å². The molecule has 2 rings (SSSR count). The van der Waals surface area contributed by atoms with Crippen LogP contribution in [0.2, 0.25) is 0 Å². The molecule has 1 saturated carbocycles. The van der Waals surface area contributed by atoms with Crippen molar-refractivity contribution < 1.29 is 4.79 Å². The molecule has 2 atom stereocenters. The minimum Gasteiger partial charge on any atom is -0.273 e. The lowest BCUT2D eigenvalue weighted by atomic mass is 10.1. The second-order valence-electron chi connectivity index (χ2n) is 4.49. The minimum atomic E-state index is 0.198. The molecule has 0 N–H and O–H groups in total. The van der Waals surface area contributed by atoms with Gasteiger partial charge in [0.15, 0.2) is 0 Å². The van der Waals surface area contributed by atoms with E-state index in [4.69, 9.17) is 0 Å². The molecule has 1 aliphatic heterocycles. The van der Waals surface area contributed by atoms with Crippen LogP contribution >= 0.6 is 0 Å². The summed E-state index contributed by atoms with van der Waals surface area (Å²) in [6.45, 7) is 4.16. The highest BCUT2D eigenvalue weighted by molar-refractivity contribution is 6.03. The van der Waals surface area contributed by atoms with Crippen LogP contribution in [0.15, 0.2) is 5.10 Å². The normalized spacial score (nSPS) is 32.6. The van der Waals surface area contributed by atoms with E-state index in [-0.39, 0.29) is 5.91 Å². The summed E-state index contributed by atoms with van der Waals surface area (Å²) in [5.74, 6) is 1.01. The summed E-state index contributed by atoms with van der Waals surface area (Å²) in [6, 6.07) is 0.393. The van der Waals surface area contributed by atoms with Gasteiger partial charge in [-0.3, -0.25) is 4.79 Å². The molecule has 0 aromatic heterocycles. The number of hydrogen-bond donors (Lipinski definition) is 0. The maximum Gasteiger partial charge on any atom is 0.248 e. The van der Waals surface area contributed by atoms with E-state index >= 15 is 0 Å². The lowest BCUT2D eigenvalue weighted by Gasteiger charge is -2.19. The van der Waals surface area contributed by atoms with Gasteiger partial charge in [0.2, 0.25) is 5.91 Å². The highest BCUT2D eigenvalue weighted by Crippen LogP contribution is 2.33. The number of amides is 1. The van der Waals surface area contributed by atoms with Crippen molar-refractivity contribution in [2.75, 3.05) is 0 Å². The lowest BCUT2D eigenvalue weighted by molar-refractivity contribution is -0.130. The molecule has 1 aliphatic carbocycles. The monoisotopic (exact) mass is 194 g/mol. The van der Waals surface area contributed by atoms with Gasteiger partial charge in [-0.15, -0.1) is 0 Å². The van der Waals surface area contributed by atoms with E-state index in [0.29, 0.717) is 12.5 Å². The van der Waals surface area contributed by atoms with Crippen molar-refractivity contribution in [3.05, 3.63) is 0 Å². The molecule has 14 heavy (non-hydrogen) atoms. The quantitative estimate of drug-likeness (QED) is 0.663. The highest BCUT2D eigenvalue weighted by atomic mass is 16.2. The van der Waals surface area contributed by atoms with E-state index in [1.807, 2.05) is 6.92 Å². The second-order valence-corrected chi connectivity index (χ2v) is 4.49. The molecule has 1 amide bonds. The predicted octanol–water partition coefficient (Wildman–Crippen LogP) is 2.17. The number of nitrogens with zero attached hydrogens (tertiary/aromatic N) is 2. The first-order valence-corrected chi connectivity index (χ1v) is 5.56. The van der Waals surface area contributed by atoms with Gasteiger partial charge in [-0.2, -0.15) is 5.10 Å². The molecule has 3 heteroatoms. The van der Waals surface area contributed by atoms with Crippen molar-refractivity contribution >= 4 is 11.6 Å². The predicted molar refractivity (Wildman–Crippen MR) is 56.0 cm³/mol. The molecule has 0 aromatic rings. The fourth-order valence-electron chi connectivity index (χ4n) is 2.50. The van der Waals surface area contributed by atoms with Crippen molar-refractivity contribution in [1.82, 2.24) is 5.01 Å². The molecule has 0 bridgehead atoms. The Balaban J connectivity index is 2.00. The van der Waals surface area contributed by atoms with Gasteiger partial charge in [0.05, 0.1) is 12.5 Å². The van der Waals surface area contributed by atoms with Gasteiger partial charge >= 0.3 is 0 Å². The molecule has 1 fully saturated rings. The number of hydrogen-bond acceptors (Lipinski definition) is 2. The van der Waals surface area contributed by atoms with Crippen molar-refractivity contribution in [2.45, 2.75) is 52.0 Å². The molecule has 3 nitrogen and oxygen atoms in total. The lowest BCUT2D eigenvalue weighted by Crippen LogP contribution is -2.30. The van der Waals surface area contributed by atoms with E-state index in [0.717, 1.165) is 24.5 Å². The Morgan fingerprint density at radius 3 is 2.79 bits per heavy atom. The van der Waals surface area contributed by atoms with Crippen LogP contribution in [0, 0.1) is 5.92 Å². The van der Waals surface area contributed by atoms with Crippen LogP contribution in [0.3, 0.4) is 0 Å². The summed E-state index contributed by atoms with van der Waals surface area (Å²) in [5.41, 5.74) is 0.968. The van der Waals surface area contributed by atoms with Crippen LogP contribution in [-0.4, -0.2) is 22.7 Å². The zero-order chi connectivity index (χ0) is 10.1. The fourth-order valence-corrected chi connectivity index (χ4v) is 2.50.